The lowest BCUT2D eigenvalue weighted by Crippen LogP contribution is -2.39. The first-order valence-corrected chi connectivity index (χ1v) is 8.40. The number of ether oxygens (including phenoxy) is 1. The molecule has 1 unspecified atom stereocenters. The minimum Gasteiger partial charge on any atom is -0.478 e. The molecule has 1 aromatic carbocycles. The summed E-state index contributed by atoms with van der Waals surface area (Å²) in [6.45, 7) is 5.58. The van der Waals surface area contributed by atoms with E-state index in [1.54, 1.807) is 0 Å². The van der Waals surface area contributed by atoms with Gasteiger partial charge < -0.3 is 9.84 Å². The lowest BCUT2D eigenvalue weighted by atomic mass is 9.89. The minimum absolute atomic E-state index is 0.457. The Bertz CT molecular complexity index is 443. The molecule has 0 radical (unpaired) electrons. The molecular weight excluding hydrogens is 573 g/mol. The third kappa shape index (κ3) is 4.36. The molecule has 0 amide bonds. The number of hydrogen-bond donors (Lipinski definition) is 1. The highest BCUT2D eigenvalue weighted by Gasteiger charge is 2.34. The Morgan fingerprint density at radius 1 is 1.22 bits per heavy atom. The molecule has 100 valence electrons. The quantitative estimate of drug-likeness (QED) is 0.536. The smallest absolute Gasteiger partial charge is 0.345 e. The SMILES string of the molecule is CC(C)(C)C(Oc1c(I)cc(I)cc1I)C(=O)O. The molecule has 0 saturated heterocycles. The zero-order valence-corrected chi connectivity index (χ0v) is 16.6. The normalized spacial score (nSPS) is 13.2. The number of carbonyl (C=O) groups is 1. The number of benzene rings is 1. The van der Waals surface area contributed by atoms with Gasteiger partial charge in [-0.05, 0) is 79.9 Å². The van der Waals surface area contributed by atoms with Gasteiger partial charge in [0, 0.05) is 8.99 Å². The molecule has 18 heavy (non-hydrogen) atoms. The van der Waals surface area contributed by atoms with Crippen molar-refractivity contribution >= 4 is 73.7 Å². The second-order valence-corrected chi connectivity index (χ2v) is 8.47. The van der Waals surface area contributed by atoms with E-state index in [9.17, 15) is 9.90 Å². The van der Waals surface area contributed by atoms with Crippen LogP contribution in [0, 0.1) is 16.1 Å². The number of carboxylic acid groups (broad SMARTS) is 1. The van der Waals surface area contributed by atoms with Crippen LogP contribution in [0.5, 0.6) is 5.75 Å². The lowest BCUT2D eigenvalue weighted by molar-refractivity contribution is -0.150. The van der Waals surface area contributed by atoms with Crippen LogP contribution in [0.2, 0.25) is 0 Å². The van der Waals surface area contributed by atoms with E-state index in [4.69, 9.17) is 4.74 Å². The first-order valence-electron chi connectivity index (χ1n) is 5.17. The van der Waals surface area contributed by atoms with E-state index in [-0.39, 0.29) is 0 Å². The number of carboxylic acids is 1. The van der Waals surface area contributed by atoms with Crippen molar-refractivity contribution in [2.75, 3.05) is 0 Å². The van der Waals surface area contributed by atoms with Gasteiger partial charge in [-0.25, -0.2) is 4.79 Å². The molecule has 6 heteroatoms. The van der Waals surface area contributed by atoms with Gasteiger partial charge in [0.05, 0.1) is 7.14 Å². The summed E-state index contributed by atoms with van der Waals surface area (Å²) < 4.78 is 8.71. The van der Waals surface area contributed by atoms with Crippen molar-refractivity contribution in [2.24, 2.45) is 5.41 Å². The third-order valence-electron chi connectivity index (χ3n) is 2.21. The Labute approximate surface area is 147 Å². The van der Waals surface area contributed by atoms with Crippen molar-refractivity contribution in [3.63, 3.8) is 0 Å². The molecule has 1 atom stereocenters. The monoisotopic (exact) mass is 586 g/mol. The Kier molecular flexibility index (Phi) is 5.97. The lowest BCUT2D eigenvalue weighted by Gasteiger charge is -2.28. The van der Waals surface area contributed by atoms with Crippen LogP contribution in [0.1, 0.15) is 20.8 Å². The van der Waals surface area contributed by atoms with Crippen LogP contribution >= 0.6 is 67.8 Å². The number of halogens is 3. The van der Waals surface area contributed by atoms with E-state index in [0.717, 1.165) is 10.7 Å². The molecule has 0 aromatic heterocycles. The summed E-state index contributed by atoms with van der Waals surface area (Å²) >= 11 is 6.57. The van der Waals surface area contributed by atoms with Gasteiger partial charge in [-0.2, -0.15) is 0 Å². The molecule has 0 aliphatic rings. The molecule has 1 N–H and O–H groups in total. The van der Waals surface area contributed by atoms with Gasteiger partial charge >= 0.3 is 5.97 Å². The Morgan fingerprint density at radius 3 is 2.00 bits per heavy atom. The first-order chi connectivity index (χ1) is 8.12. The number of hydrogen-bond acceptors (Lipinski definition) is 2. The Balaban J connectivity index is 3.13. The van der Waals surface area contributed by atoms with E-state index in [1.807, 2.05) is 32.9 Å². The molecule has 0 aliphatic heterocycles. The Morgan fingerprint density at radius 2 is 1.67 bits per heavy atom. The van der Waals surface area contributed by atoms with Crippen LogP contribution in [0.25, 0.3) is 0 Å². The third-order valence-corrected chi connectivity index (χ3v) is 4.44. The maximum Gasteiger partial charge on any atom is 0.345 e. The van der Waals surface area contributed by atoms with E-state index in [1.165, 1.54) is 0 Å². The van der Waals surface area contributed by atoms with E-state index in [2.05, 4.69) is 67.8 Å². The summed E-state index contributed by atoms with van der Waals surface area (Å²) in [4.78, 5) is 11.3. The van der Waals surface area contributed by atoms with E-state index < -0.39 is 17.5 Å². The molecule has 1 aromatic rings. The summed E-state index contributed by atoms with van der Waals surface area (Å²) in [5, 5.41) is 9.28. The van der Waals surface area contributed by atoms with Crippen molar-refractivity contribution in [3.8, 4) is 5.75 Å². The van der Waals surface area contributed by atoms with Gasteiger partial charge in [0.25, 0.3) is 0 Å². The van der Waals surface area contributed by atoms with Gasteiger partial charge in [-0.1, -0.05) is 20.8 Å². The molecule has 0 bridgehead atoms. The minimum atomic E-state index is -0.937. The van der Waals surface area contributed by atoms with Crippen LogP contribution in [-0.2, 0) is 4.79 Å². The standard InChI is InChI=1S/C12H13I3O3/c1-12(2,3)10(11(16)17)18-9-7(14)4-6(13)5-8(9)15/h4-5,10H,1-3H3,(H,16,17). The fourth-order valence-corrected chi connectivity index (χ4v) is 5.19. The summed E-state index contributed by atoms with van der Waals surface area (Å²) in [6, 6.07) is 3.94. The highest BCUT2D eigenvalue weighted by molar-refractivity contribution is 14.1. The summed E-state index contributed by atoms with van der Waals surface area (Å²) in [5.74, 6) is -0.286. The van der Waals surface area contributed by atoms with E-state index in [0.29, 0.717) is 5.75 Å². The van der Waals surface area contributed by atoms with Crippen molar-refractivity contribution < 1.29 is 14.6 Å². The largest absolute Gasteiger partial charge is 0.478 e. The van der Waals surface area contributed by atoms with E-state index >= 15 is 0 Å². The highest BCUT2D eigenvalue weighted by atomic mass is 127. The van der Waals surface area contributed by atoms with Crippen molar-refractivity contribution in [2.45, 2.75) is 26.9 Å². The Hall–Kier alpha value is 0.680. The molecular formula is C12H13I3O3. The average molecular weight is 586 g/mol. The van der Waals surface area contributed by atoms with Crippen LogP contribution in [0.4, 0.5) is 0 Å². The second kappa shape index (κ2) is 6.42. The molecule has 0 heterocycles. The summed E-state index contributed by atoms with van der Waals surface area (Å²) in [7, 11) is 0. The average Bonchev–Trinajstić information content (AvgIpc) is 2.12. The zero-order valence-electron chi connectivity index (χ0n) is 10.1. The van der Waals surface area contributed by atoms with Gasteiger partial charge in [0.15, 0.2) is 6.10 Å². The van der Waals surface area contributed by atoms with Gasteiger partial charge in [-0.3, -0.25) is 0 Å². The molecule has 3 nitrogen and oxygen atoms in total. The first kappa shape index (κ1) is 16.7. The summed E-state index contributed by atoms with van der Waals surface area (Å²) in [5.41, 5.74) is -0.457. The van der Waals surface area contributed by atoms with Gasteiger partial charge in [-0.15, -0.1) is 0 Å². The topological polar surface area (TPSA) is 46.5 Å². The number of rotatable bonds is 3. The van der Waals surface area contributed by atoms with Crippen LogP contribution < -0.4 is 4.74 Å². The second-order valence-electron chi connectivity index (χ2n) is 4.90. The molecule has 0 spiro atoms. The summed E-state index contributed by atoms with van der Waals surface area (Å²) in [6.07, 6.45) is -0.861. The number of aliphatic carboxylic acids is 1. The molecule has 0 aliphatic carbocycles. The maximum atomic E-state index is 11.3. The van der Waals surface area contributed by atoms with Crippen molar-refractivity contribution in [1.82, 2.24) is 0 Å². The van der Waals surface area contributed by atoms with Crippen molar-refractivity contribution in [1.29, 1.82) is 0 Å². The predicted octanol–water partition coefficient (Wildman–Crippen LogP) is 4.38. The van der Waals surface area contributed by atoms with Crippen LogP contribution in [0.3, 0.4) is 0 Å². The van der Waals surface area contributed by atoms with Crippen LogP contribution in [0.15, 0.2) is 12.1 Å². The molecule has 0 fully saturated rings. The van der Waals surface area contributed by atoms with Crippen molar-refractivity contribution in [3.05, 3.63) is 22.8 Å². The fraction of sp³-hybridized carbons (Fsp3) is 0.417. The van der Waals surface area contributed by atoms with Gasteiger partial charge in [0.2, 0.25) is 0 Å². The van der Waals surface area contributed by atoms with Gasteiger partial charge in [0.1, 0.15) is 5.75 Å². The molecule has 1 rings (SSSR count). The maximum absolute atomic E-state index is 11.3. The fourth-order valence-electron chi connectivity index (χ4n) is 1.36. The highest BCUT2D eigenvalue weighted by Crippen LogP contribution is 2.33. The zero-order chi connectivity index (χ0) is 14.1. The van der Waals surface area contributed by atoms with Crippen LogP contribution in [-0.4, -0.2) is 17.2 Å². The molecule has 0 saturated carbocycles. The predicted molar refractivity (Wildman–Crippen MR) is 96.1 cm³/mol.